The normalized spacial score (nSPS) is 14.8. The van der Waals surface area contributed by atoms with E-state index in [9.17, 15) is 13.2 Å². The summed E-state index contributed by atoms with van der Waals surface area (Å²) >= 11 is 6.00. The highest BCUT2D eigenvalue weighted by Gasteiger charge is 2.29. The van der Waals surface area contributed by atoms with E-state index < -0.39 is 10.0 Å². The Morgan fingerprint density at radius 1 is 1.13 bits per heavy atom. The van der Waals surface area contributed by atoms with E-state index in [4.69, 9.17) is 21.6 Å². The molecule has 1 amide bonds. The van der Waals surface area contributed by atoms with Crippen LogP contribution in [-0.2, 0) is 14.8 Å². The highest BCUT2D eigenvalue weighted by molar-refractivity contribution is 7.89. The van der Waals surface area contributed by atoms with Crippen molar-refractivity contribution in [3.8, 4) is 11.8 Å². The number of aryl methyl sites for hydroxylation is 1. The van der Waals surface area contributed by atoms with E-state index in [2.05, 4.69) is 0 Å². The predicted octanol–water partition coefficient (Wildman–Crippen LogP) is 3.21. The number of hydrogen-bond donors (Lipinski definition) is 0. The van der Waals surface area contributed by atoms with Crippen LogP contribution in [0.25, 0.3) is 0 Å². The molecule has 1 aliphatic rings. The van der Waals surface area contributed by atoms with E-state index in [0.717, 1.165) is 11.3 Å². The Morgan fingerprint density at radius 2 is 1.81 bits per heavy atom. The van der Waals surface area contributed by atoms with Gasteiger partial charge in [-0.1, -0.05) is 11.6 Å². The van der Waals surface area contributed by atoms with Gasteiger partial charge in [0.25, 0.3) is 0 Å². The summed E-state index contributed by atoms with van der Waals surface area (Å²) in [6.45, 7) is 3.51. The average molecular weight is 462 g/mol. The summed E-state index contributed by atoms with van der Waals surface area (Å²) in [4.78, 5) is 14.3. The van der Waals surface area contributed by atoms with E-state index in [1.165, 1.54) is 28.6 Å². The van der Waals surface area contributed by atoms with E-state index in [0.29, 0.717) is 43.1 Å². The first kappa shape index (κ1) is 23.1. The van der Waals surface area contributed by atoms with Gasteiger partial charge in [-0.3, -0.25) is 4.79 Å². The molecule has 1 saturated heterocycles. The Hall–Kier alpha value is -2.60. The smallest absolute Gasteiger partial charge is 0.243 e. The molecule has 1 heterocycles. The fourth-order valence-corrected chi connectivity index (χ4v) is 4.85. The fraction of sp³-hybridized carbons (Fsp3) is 0.364. The van der Waals surface area contributed by atoms with Gasteiger partial charge in [0.2, 0.25) is 15.9 Å². The Bertz CT molecular complexity index is 1070. The van der Waals surface area contributed by atoms with Crippen LogP contribution in [-0.4, -0.2) is 56.3 Å². The molecule has 2 aromatic rings. The molecule has 0 radical (unpaired) electrons. The number of benzene rings is 2. The minimum absolute atomic E-state index is 0.00805. The van der Waals surface area contributed by atoms with E-state index in [1.54, 1.807) is 17.0 Å². The molecule has 0 aromatic heterocycles. The first-order chi connectivity index (χ1) is 14.8. The predicted molar refractivity (Wildman–Crippen MR) is 117 cm³/mol. The van der Waals surface area contributed by atoms with Crippen LogP contribution in [0.2, 0.25) is 5.02 Å². The van der Waals surface area contributed by atoms with Crippen molar-refractivity contribution in [2.45, 2.75) is 24.7 Å². The van der Waals surface area contributed by atoms with Gasteiger partial charge in [-0.05, 0) is 61.4 Å². The molecule has 0 saturated carbocycles. The molecule has 0 N–H and O–H groups in total. The molecule has 0 aliphatic carbocycles. The van der Waals surface area contributed by atoms with E-state index in [1.807, 2.05) is 19.1 Å². The van der Waals surface area contributed by atoms with Gasteiger partial charge in [0, 0.05) is 37.6 Å². The summed E-state index contributed by atoms with van der Waals surface area (Å²) in [6, 6.07) is 13.3. The van der Waals surface area contributed by atoms with Gasteiger partial charge in [-0.15, -0.1) is 0 Å². The van der Waals surface area contributed by atoms with Gasteiger partial charge in [0.1, 0.15) is 5.75 Å². The molecule has 31 heavy (non-hydrogen) atoms. The van der Waals surface area contributed by atoms with Crippen LogP contribution in [0.4, 0.5) is 0 Å². The number of rotatable bonds is 7. The molecule has 7 nitrogen and oxygen atoms in total. The molecular formula is C22H24ClN3O4S. The third-order valence-electron chi connectivity index (χ3n) is 5.15. The number of piperazine rings is 1. The average Bonchev–Trinajstić information content (AvgIpc) is 2.79. The molecule has 0 atom stereocenters. The Morgan fingerprint density at radius 3 is 2.42 bits per heavy atom. The van der Waals surface area contributed by atoms with Crippen molar-refractivity contribution in [1.29, 1.82) is 5.26 Å². The Kier molecular flexibility index (Phi) is 7.55. The topological polar surface area (TPSA) is 90.7 Å². The Labute approximate surface area is 187 Å². The van der Waals surface area contributed by atoms with Crippen LogP contribution in [0.1, 0.15) is 24.0 Å². The lowest BCUT2D eigenvalue weighted by Crippen LogP contribution is -2.50. The number of sulfonamides is 1. The third-order valence-corrected chi connectivity index (χ3v) is 7.48. The highest BCUT2D eigenvalue weighted by Crippen LogP contribution is 2.21. The molecule has 1 aliphatic heterocycles. The third kappa shape index (κ3) is 5.76. The van der Waals surface area contributed by atoms with Crippen molar-refractivity contribution < 1.29 is 17.9 Å². The second kappa shape index (κ2) is 10.1. The second-order valence-corrected chi connectivity index (χ2v) is 9.63. The lowest BCUT2D eigenvalue weighted by molar-refractivity contribution is -0.132. The summed E-state index contributed by atoms with van der Waals surface area (Å²) in [6.07, 6.45) is 0.916. The zero-order chi connectivity index (χ0) is 22.4. The number of carbonyl (C=O) groups excluding carboxylic acids is 1. The maximum Gasteiger partial charge on any atom is 0.243 e. The van der Waals surface area contributed by atoms with E-state index >= 15 is 0 Å². The SMILES string of the molecule is Cc1cc(OCCCC(=O)N2CCN(S(=O)(=O)c3ccc(C#N)cc3)CC2)ccc1Cl. The number of nitrogens with zero attached hydrogens (tertiary/aromatic N) is 3. The molecular weight excluding hydrogens is 438 g/mol. The number of amides is 1. The standard InChI is InChI=1S/C22H24ClN3O4S/c1-17-15-19(6-9-21(17)23)30-14-2-3-22(27)25-10-12-26(13-11-25)31(28,29)20-7-4-18(16-24)5-8-20/h4-9,15H,2-3,10-14H2,1H3. The molecule has 3 rings (SSSR count). The zero-order valence-electron chi connectivity index (χ0n) is 17.3. The lowest BCUT2D eigenvalue weighted by Gasteiger charge is -2.34. The largest absolute Gasteiger partial charge is 0.494 e. The fourth-order valence-electron chi connectivity index (χ4n) is 3.31. The number of nitriles is 1. The quantitative estimate of drug-likeness (QED) is 0.590. The van der Waals surface area contributed by atoms with Crippen LogP contribution < -0.4 is 4.74 Å². The van der Waals surface area contributed by atoms with Gasteiger partial charge >= 0.3 is 0 Å². The maximum atomic E-state index is 12.8. The number of carbonyl (C=O) groups is 1. The number of hydrogen-bond acceptors (Lipinski definition) is 5. The lowest BCUT2D eigenvalue weighted by atomic mass is 10.2. The van der Waals surface area contributed by atoms with Gasteiger partial charge in [0.05, 0.1) is 23.1 Å². The van der Waals surface area contributed by atoms with Crippen LogP contribution in [0.15, 0.2) is 47.4 Å². The van der Waals surface area contributed by atoms with Crippen LogP contribution in [0.5, 0.6) is 5.75 Å². The van der Waals surface area contributed by atoms with Crippen LogP contribution in [0.3, 0.4) is 0 Å². The first-order valence-corrected chi connectivity index (χ1v) is 11.8. The Balaban J connectivity index is 1.44. The molecule has 9 heteroatoms. The van der Waals surface area contributed by atoms with Crippen molar-refractivity contribution in [2.75, 3.05) is 32.8 Å². The van der Waals surface area contributed by atoms with Crippen molar-refractivity contribution in [3.63, 3.8) is 0 Å². The highest BCUT2D eigenvalue weighted by atomic mass is 35.5. The van der Waals surface area contributed by atoms with Crippen molar-refractivity contribution in [2.24, 2.45) is 0 Å². The molecule has 2 aromatic carbocycles. The molecule has 0 unspecified atom stereocenters. The minimum atomic E-state index is -3.64. The summed E-state index contributed by atoms with van der Waals surface area (Å²) in [5.41, 5.74) is 1.34. The summed E-state index contributed by atoms with van der Waals surface area (Å²) < 4.78 is 32.6. The maximum absolute atomic E-state index is 12.8. The first-order valence-electron chi connectivity index (χ1n) is 9.98. The molecule has 1 fully saturated rings. The molecule has 0 bridgehead atoms. The van der Waals surface area contributed by atoms with Crippen molar-refractivity contribution >= 4 is 27.5 Å². The monoisotopic (exact) mass is 461 g/mol. The van der Waals surface area contributed by atoms with Crippen molar-refractivity contribution in [3.05, 3.63) is 58.6 Å². The molecule has 164 valence electrons. The van der Waals surface area contributed by atoms with Gasteiger partial charge in [0.15, 0.2) is 0 Å². The van der Waals surface area contributed by atoms with Gasteiger partial charge in [-0.25, -0.2) is 8.42 Å². The van der Waals surface area contributed by atoms with Crippen LogP contribution >= 0.6 is 11.6 Å². The molecule has 0 spiro atoms. The summed E-state index contributed by atoms with van der Waals surface area (Å²) in [5, 5.41) is 9.54. The number of ether oxygens (including phenoxy) is 1. The van der Waals surface area contributed by atoms with Crippen molar-refractivity contribution in [1.82, 2.24) is 9.21 Å². The summed E-state index contributed by atoms with van der Waals surface area (Å²) in [5.74, 6) is 0.710. The van der Waals surface area contributed by atoms with Crippen LogP contribution in [0, 0.1) is 18.3 Å². The zero-order valence-corrected chi connectivity index (χ0v) is 18.8. The van der Waals surface area contributed by atoms with Gasteiger partial charge < -0.3 is 9.64 Å². The second-order valence-electron chi connectivity index (χ2n) is 7.28. The van der Waals surface area contributed by atoms with Gasteiger partial charge in [-0.2, -0.15) is 9.57 Å². The minimum Gasteiger partial charge on any atom is -0.494 e. The van der Waals surface area contributed by atoms with E-state index in [-0.39, 0.29) is 23.9 Å². The summed E-state index contributed by atoms with van der Waals surface area (Å²) in [7, 11) is -3.64. The number of halogens is 1.